The van der Waals surface area contributed by atoms with Gasteiger partial charge in [0.05, 0.1) is 22.0 Å². The van der Waals surface area contributed by atoms with Gasteiger partial charge >= 0.3 is 48.9 Å². The number of anilines is 1. The van der Waals surface area contributed by atoms with Gasteiger partial charge in [-0.25, -0.2) is 0 Å². The molecule has 38 heavy (non-hydrogen) atoms. The largest absolute Gasteiger partial charge is 2.00 e. The van der Waals surface area contributed by atoms with Gasteiger partial charge < -0.3 is 0 Å². The molecule has 1 unspecified atom stereocenters. The Morgan fingerprint density at radius 1 is 0.816 bits per heavy atom. The number of hydrogen-bond donors (Lipinski definition) is 3. The molecule has 0 bridgehead atoms. The molecule has 3 N–H and O–H groups in total. The van der Waals surface area contributed by atoms with Crippen LogP contribution in [-0.4, -0.2) is 105 Å². The fourth-order valence-corrected chi connectivity index (χ4v) is 5.47. The number of benzene rings is 3. The van der Waals surface area contributed by atoms with Crippen LogP contribution in [0.25, 0.3) is 10.8 Å². The topological polar surface area (TPSA) is 220 Å². The van der Waals surface area contributed by atoms with Crippen molar-refractivity contribution in [3.63, 3.8) is 0 Å². The van der Waals surface area contributed by atoms with E-state index < -0.39 is 57.0 Å². The summed E-state index contributed by atoms with van der Waals surface area (Å²) in [5.74, 6) is -0.699. The Morgan fingerprint density at radius 2 is 1.42 bits per heavy atom. The Hall–Kier alpha value is -2.04. The van der Waals surface area contributed by atoms with Crippen molar-refractivity contribution in [1.29, 1.82) is 0 Å². The van der Waals surface area contributed by atoms with E-state index in [0.717, 1.165) is 35.3 Å². The zero-order valence-electron chi connectivity index (χ0n) is 19.2. The Labute approximate surface area is 256 Å². The van der Waals surface area contributed by atoms with E-state index in [0.29, 0.717) is 0 Å². The third kappa shape index (κ3) is 6.23. The molecular weight excluding hydrogens is 690 g/mol. The van der Waals surface area contributed by atoms with E-state index >= 15 is 0 Å². The molecule has 3 aromatic carbocycles. The van der Waals surface area contributed by atoms with E-state index in [-0.39, 0.29) is 76.7 Å². The molecule has 4 rings (SSSR count). The van der Waals surface area contributed by atoms with Crippen molar-refractivity contribution in [2.45, 2.75) is 27.7 Å². The van der Waals surface area contributed by atoms with Crippen LogP contribution >= 0.6 is 0 Å². The molecule has 0 saturated carbocycles. The van der Waals surface area contributed by atoms with Crippen molar-refractivity contribution in [2.24, 2.45) is 15.3 Å². The minimum Gasteiger partial charge on any atom is -0.282 e. The molecule has 1 aliphatic rings. The maximum absolute atomic E-state index is 12.9. The maximum atomic E-state index is 12.9. The molecule has 0 spiro atoms. The molecule has 0 saturated heterocycles. The summed E-state index contributed by atoms with van der Waals surface area (Å²) in [6.07, 6.45) is 0. The van der Waals surface area contributed by atoms with Crippen molar-refractivity contribution in [1.82, 2.24) is 0 Å². The summed E-state index contributed by atoms with van der Waals surface area (Å²) in [7, 11) is -14.1. The van der Waals surface area contributed by atoms with Crippen LogP contribution in [0, 0.1) is 0 Å². The zero-order chi connectivity index (χ0) is 27.3. The van der Waals surface area contributed by atoms with Gasteiger partial charge in [0.25, 0.3) is 36.3 Å². The molecule has 1 aliphatic heterocycles. The van der Waals surface area contributed by atoms with Crippen molar-refractivity contribution in [2.75, 3.05) is 5.01 Å². The Kier molecular flexibility index (Phi) is 8.71. The van der Waals surface area contributed by atoms with Crippen molar-refractivity contribution in [3.05, 3.63) is 54.6 Å². The molecule has 0 aliphatic carbocycles. The van der Waals surface area contributed by atoms with E-state index in [1.807, 2.05) is 0 Å². The van der Waals surface area contributed by atoms with Gasteiger partial charge in [0.15, 0.2) is 6.04 Å². The SMILES string of the molecule is CC1=NN(c2ccc(S(=O)(=O)O)cc2)C(=O)C1N=Nc1cc(S(=O)(=O)O)c2cccc(S(=O)(=O)O)c2c1.[Ba+2]. The van der Waals surface area contributed by atoms with Gasteiger partial charge in [-0.1, -0.05) is 12.1 Å². The molecule has 18 heteroatoms. The number of amides is 1. The van der Waals surface area contributed by atoms with Gasteiger partial charge in [0.1, 0.15) is 9.79 Å². The monoisotopic (exact) mass is 706 g/mol. The number of fused-ring (bicyclic) bond motifs is 1. The van der Waals surface area contributed by atoms with Gasteiger partial charge in [-0.3, -0.25) is 18.5 Å². The maximum Gasteiger partial charge on any atom is 2.00 e. The first kappa shape index (κ1) is 30.5. The molecule has 14 nitrogen and oxygen atoms in total. The summed E-state index contributed by atoms with van der Waals surface area (Å²) in [4.78, 5) is 11.2. The second kappa shape index (κ2) is 10.9. The molecular formula is C20H16BaN4O10S3+2. The van der Waals surface area contributed by atoms with Crippen LogP contribution in [0.3, 0.4) is 0 Å². The van der Waals surface area contributed by atoms with E-state index in [9.17, 15) is 39.2 Å². The minimum absolute atomic E-state index is 0. The quantitative estimate of drug-likeness (QED) is 0.192. The minimum atomic E-state index is -4.87. The molecule has 1 atom stereocenters. The fourth-order valence-electron chi connectivity index (χ4n) is 3.56. The molecule has 3 aromatic rings. The third-order valence-corrected chi connectivity index (χ3v) is 7.90. The number of azo groups is 1. The van der Waals surface area contributed by atoms with Crippen molar-refractivity contribution in [3.8, 4) is 0 Å². The van der Waals surface area contributed by atoms with E-state index in [1.165, 1.54) is 31.2 Å². The van der Waals surface area contributed by atoms with Crippen molar-refractivity contribution >= 4 is 113 Å². The van der Waals surface area contributed by atoms with Crippen LogP contribution < -0.4 is 5.01 Å². The van der Waals surface area contributed by atoms with Gasteiger partial charge in [0.2, 0.25) is 0 Å². The Morgan fingerprint density at radius 3 is 1.97 bits per heavy atom. The summed E-state index contributed by atoms with van der Waals surface area (Å²) >= 11 is 0. The Bertz CT molecular complexity index is 1840. The van der Waals surface area contributed by atoms with E-state index in [1.54, 1.807) is 0 Å². The number of rotatable bonds is 6. The first-order valence-corrected chi connectivity index (χ1v) is 14.3. The molecule has 194 valence electrons. The van der Waals surface area contributed by atoms with Crippen LogP contribution in [-0.2, 0) is 35.1 Å². The van der Waals surface area contributed by atoms with Gasteiger partial charge in [-0.15, -0.1) is 0 Å². The number of carbonyl (C=O) groups is 1. The smallest absolute Gasteiger partial charge is 0.282 e. The third-order valence-electron chi connectivity index (χ3n) is 5.22. The van der Waals surface area contributed by atoms with E-state index in [4.69, 9.17) is 4.55 Å². The normalized spacial score (nSPS) is 16.6. The summed E-state index contributed by atoms with van der Waals surface area (Å²) in [6.45, 7) is 1.45. The van der Waals surface area contributed by atoms with Crippen LogP contribution in [0.2, 0.25) is 0 Å². The number of carbonyl (C=O) groups excluding carboxylic acids is 1. The standard InChI is InChI=1S/C20H16N4O10S3.Ba/c1-11-19(20(25)24(23-11)13-5-7-14(8-6-13)35(26,27)28)22-21-12-9-16-15(18(10-12)37(32,33)34)3-2-4-17(16)36(29,30)31;/h2-10,19H,1H3,(H,26,27,28)(H,29,30,31)(H,32,33,34);/q;+2. The number of nitrogens with zero attached hydrogens (tertiary/aromatic N) is 4. The zero-order valence-corrected chi connectivity index (χ0v) is 26.1. The predicted octanol–water partition coefficient (Wildman–Crippen LogP) is 2.07. The van der Waals surface area contributed by atoms with Crippen LogP contribution in [0.15, 0.2) is 84.6 Å². The van der Waals surface area contributed by atoms with Crippen LogP contribution in [0.5, 0.6) is 0 Å². The molecule has 1 amide bonds. The second-order valence-electron chi connectivity index (χ2n) is 7.72. The summed E-state index contributed by atoms with van der Waals surface area (Å²) in [6, 6.07) is 8.75. The van der Waals surface area contributed by atoms with E-state index in [2.05, 4.69) is 15.3 Å². The predicted molar refractivity (Wildman–Crippen MR) is 134 cm³/mol. The van der Waals surface area contributed by atoms with Gasteiger partial charge in [0, 0.05) is 10.8 Å². The van der Waals surface area contributed by atoms with Crippen LogP contribution in [0.4, 0.5) is 11.4 Å². The first-order chi connectivity index (χ1) is 17.1. The van der Waals surface area contributed by atoms with Gasteiger partial charge in [-0.2, -0.15) is 45.6 Å². The first-order valence-electron chi connectivity index (χ1n) is 9.96. The number of hydrazone groups is 1. The molecule has 0 aromatic heterocycles. The average molecular weight is 706 g/mol. The summed E-state index contributed by atoms with van der Waals surface area (Å²) < 4.78 is 98.2. The second-order valence-corrected chi connectivity index (χ2v) is 11.9. The van der Waals surface area contributed by atoms with Crippen LogP contribution in [0.1, 0.15) is 6.92 Å². The fraction of sp³-hybridized carbons (Fsp3) is 0.100. The average Bonchev–Trinajstić information content (AvgIpc) is 3.08. The summed E-state index contributed by atoms with van der Waals surface area (Å²) in [5.41, 5.74) is 0.0708. The Balaban J connectivity index is 0.00000400. The summed E-state index contributed by atoms with van der Waals surface area (Å²) in [5, 5.41) is 12.3. The molecule has 1 heterocycles. The molecule has 0 fully saturated rings. The number of hydrogen-bond acceptors (Lipinski definition) is 10. The van der Waals surface area contributed by atoms with Gasteiger partial charge in [-0.05, 0) is 49.4 Å². The molecule has 0 radical (unpaired) electrons. The van der Waals surface area contributed by atoms with Crippen molar-refractivity contribution < 1.29 is 43.7 Å².